The average molecular weight is 238 g/mol. The number of hydrogen-bond acceptors (Lipinski definition) is 5. The molecule has 6 nitrogen and oxygen atoms in total. The third kappa shape index (κ3) is 2.85. The standard InChI is InChI=1S/C11H14N2O4/c14-9-3-4-10(11(6-9)13(15)16)12-8-2-1-5-17-7-8/h3-4,6,8,12,14H,1-2,5,7H2. The molecule has 1 saturated heterocycles. The Bertz CT molecular complexity index is 416. The van der Waals surface area contributed by atoms with Crippen molar-refractivity contribution in [3.63, 3.8) is 0 Å². The Morgan fingerprint density at radius 1 is 1.53 bits per heavy atom. The number of nitrogens with zero attached hydrogens (tertiary/aromatic N) is 1. The van der Waals surface area contributed by atoms with Gasteiger partial charge in [-0.25, -0.2) is 0 Å². The summed E-state index contributed by atoms with van der Waals surface area (Å²) in [6.45, 7) is 1.30. The molecule has 1 aromatic rings. The van der Waals surface area contributed by atoms with Gasteiger partial charge in [-0.2, -0.15) is 0 Å². The summed E-state index contributed by atoms with van der Waals surface area (Å²) in [5.41, 5.74) is 0.305. The first-order valence-electron chi connectivity index (χ1n) is 5.48. The van der Waals surface area contributed by atoms with Gasteiger partial charge >= 0.3 is 0 Å². The molecule has 0 radical (unpaired) electrons. The van der Waals surface area contributed by atoms with E-state index < -0.39 is 4.92 Å². The molecule has 2 N–H and O–H groups in total. The number of hydrogen-bond donors (Lipinski definition) is 2. The highest BCUT2D eigenvalue weighted by atomic mass is 16.6. The van der Waals surface area contributed by atoms with E-state index in [9.17, 15) is 15.2 Å². The summed E-state index contributed by atoms with van der Waals surface area (Å²) in [6, 6.07) is 4.18. The third-order valence-electron chi connectivity index (χ3n) is 2.70. The van der Waals surface area contributed by atoms with E-state index in [4.69, 9.17) is 4.74 Å². The van der Waals surface area contributed by atoms with E-state index in [0.29, 0.717) is 12.3 Å². The molecule has 0 saturated carbocycles. The molecule has 1 unspecified atom stereocenters. The van der Waals surface area contributed by atoms with E-state index in [1.807, 2.05) is 0 Å². The molecule has 92 valence electrons. The fraction of sp³-hybridized carbons (Fsp3) is 0.455. The lowest BCUT2D eigenvalue weighted by Crippen LogP contribution is -2.30. The van der Waals surface area contributed by atoms with Gasteiger partial charge in [0.25, 0.3) is 5.69 Å². The van der Waals surface area contributed by atoms with Crippen LogP contribution in [-0.4, -0.2) is 29.3 Å². The summed E-state index contributed by atoms with van der Waals surface area (Å²) in [6.07, 6.45) is 1.88. The molecule has 0 bridgehead atoms. The topological polar surface area (TPSA) is 84.6 Å². The number of phenols is 1. The second-order valence-electron chi connectivity index (χ2n) is 4.02. The summed E-state index contributed by atoms with van der Waals surface area (Å²) in [5.74, 6) is -0.109. The van der Waals surface area contributed by atoms with Crippen molar-refractivity contribution in [1.82, 2.24) is 0 Å². The van der Waals surface area contributed by atoms with Crippen LogP contribution in [0.25, 0.3) is 0 Å². The van der Waals surface area contributed by atoms with E-state index in [0.717, 1.165) is 25.5 Å². The van der Waals surface area contributed by atoms with Crippen molar-refractivity contribution in [1.29, 1.82) is 0 Å². The molecule has 1 aromatic carbocycles. The lowest BCUT2D eigenvalue weighted by Gasteiger charge is -2.23. The van der Waals surface area contributed by atoms with Gasteiger partial charge < -0.3 is 15.2 Å². The van der Waals surface area contributed by atoms with Crippen molar-refractivity contribution in [2.24, 2.45) is 0 Å². The van der Waals surface area contributed by atoms with Crippen molar-refractivity contribution in [2.45, 2.75) is 18.9 Å². The highest BCUT2D eigenvalue weighted by molar-refractivity contribution is 5.64. The van der Waals surface area contributed by atoms with Crippen LogP contribution in [0.15, 0.2) is 18.2 Å². The van der Waals surface area contributed by atoms with Gasteiger partial charge in [0.1, 0.15) is 11.4 Å². The van der Waals surface area contributed by atoms with Gasteiger partial charge in [0.15, 0.2) is 0 Å². The van der Waals surface area contributed by atoms with Gasteiger partial charge in [-0.1, -0.05) is 0 Å². The highest BCUT2D eigenvalue weighted by Gasteiger charge is 2.19. The van der Waals surface area contributed by atoms with Crippen LogP contribution in [0.5, 0.6) is 5.75 Å². The SMILES string of the molecule is O=[N+]([O-])c1cc(O)ccc1NC1CCCOC1. The quantitative estimate of drug-likeness (QED) is 0.477. The first kappa shape index (κ1) is 11.7. The van der Waals surface area contributed by atoms with Gasteiger partial charge in [0.2, 0.25) is 0 Å². The van der Waals surface area contributed by atoms with E-state index in [-0.39, 0.29) is 17.5 Å². The number of benzene rings is 1. The predicted octanol–water partition coefficient (Wildman–Crippen LogP) is 1.89. The Labute approximate surface area is 98.4 Å². The zero-order valence-electron chi connectivity index (χ0n) is 9.26. The van der Waals surface area contributed by atoms with E-state index >= 15 is 0 Å². The lowest BCUT2D eigenvalue weighted by atomic mass is 10.1. The molecule has 1 heterocycles. The Kier molecular flexibility index (Phi) is 3.43. The van der Waals surface area contributed by atoms with E-state index in [1.54, 1.807) is 0 Å². The molecule has 1 fully saturated rings. The van der Waals surface area contributed by atoms with Crippen LogP contribution in [0.2, 0.25) is 0 Å². The summed E-state index contributed by atoms with van der Waals surface area (Å²) in [7, 11) is 0. The minimum absolute atomic E-state index is 0.0898. The van der Waals surface area contributed by atoms with Crippen LogP contribution >= 0.6 is 0 Å². The third-order valence-corrected chi connectivity index (χ3v) is 2.70. The Balaban J connectivity index is 2.16. The number of anilines is 1. The second kappa shape index (κ2) is 5.01. The lowest BCUT2D eigenvalue weighted by molar-refractivity contribution is -0.384. The van der Waals surface area contributed by atoms with Crippen LogP contribution in [0.4, 0.5) is 11.4 Å². The van der Waals surface area contributed by atoms with Crippen LogP contribution in [0, 0.1) is 10.1 Å². The van der Waals surface area contributed by atoms with Crippen LogP contribution in [0.1, 0.15) is 12.8 Å². The minimum Gasteiger partial charge on any atom is -0.508 e. The number of ether oxygens (including phenoxy) is 1. The van der Waals surface area contributed by atoms with Gasteiger partial charge in [0.05, 0.1) is 17.6 Å². The fourth-order valence-electron chi connectivity index (χ4n) is 1.87. The summed E-state index contributed by atoms with van der Waals surface area (Å²) in [4.78, 5) is 10.3. The normalized spacial score (nSPS) is 19.9. The number of nitrogens with one attached hydrogen (secondary N) is 1. The van der Waals surface area contributed by atoms with Gasteiger partial charge in [-0.3, -0.25) is 10.1 Å². The van der Waals surface area contributed by atoms with Crippen molar-refractivity contribution in [3.05, 3.63) is 28.3 Å². The zero-order valence-corrected chi connectivity index (χ0v) is 9.26. The molecule has 1 aliphatic rings. The van der Waals surface area contributed by atoms with Crippen LogP contribution < -0.4 is 5.32 Å². The van der Waals surface area contributed by atoms with Gasteiger partial charge in [0, 0.05) is 12.6 Å². The molecule has 1 atom stereocenters. The van der Waals surface area contributed by atoms with Gasteiger partial charge in [-0.05, 0) is 25.0 Å². The Morgan fingerprint density at radius 3 is 3.00 bits per heavy atom. The second-order valence-corrected chi connectivity index (χ2v) is 4.02. The molecule has 2 rings (SSSR count). The number of aromatic hydroxyl groups is 1. The molecule has 0 aromatic heterocycles. The average Bonchev–Trinajstić information content (AvgIpc) is 2.32. The maximum atomic E-state index is 10.8. The highest BCUT2D eigenvalue weighted by Crippen LogP contribution is 2.29. The maximum Gasteiger partial charge on any atom is 0.296 e. The zero-order chi connectivity index (χ0) is 12.3. The first-order valence-corrected chi connectivity index (χ1v) is 5.48. The van der Waals surface area contributed by atoms with Crippen molar-refractivity contribution in [2.75, 3.05) is 18.5 Å². The molecular weight excluding hydrogens is 224 g/mol. The number of nitro groups is 1. The molecule has 6 heteroatoms. The smallest absolute Gasteiger partial charge is 0.296 e. The molecule has 0 amide bonds. The van der Waals surface area contributed by atoms with Crippen LogP contribution in [0.3, 0.4) is 0 Å². The minimum atomic E-state index is -0.508. The summed E-state index contributed by atoms with van der Waals surface area (Å²) >= 11 is 0. The van der Waals surface area contributed by atoms with Gasteiger partial charge in [-0.15, -0.1) is 0 Å². The number of nitro benzene ring substituents is 1. The molecule has 0 aliphatic carbocycles. The monoisotopic (exact) mass is 238 g/mol. The number of rotatable bonds is 3. The maximum absolute atomic E-state index is 10.8. The van der Waals surface area contributed by atoms with Crippen molar-refractivity contribution in [3.8, 4) is 5.75 Å². The Hall–Kier alpha value is -1.82. The first-order chi connectivity index (χ1) is 8.16. The summed E-state index contributed by atoms with van der Waals surface area (Å²) in [5, 5.41) is 23.2. The number of phenolic OH excluding ortho intramolecular Hbond substituents is 1. The largest absolute Gasteiger partial charge is 0.508 e. The molecular formula is C11H14N2O4. The fourth-order valence-corrected chi connectivity index (χ4v) is 1.87. The summed E-state index contributed by atoms with van der Waals surface area (Å²) < 4.78 is 5.30. The van der Waals surface area contributed by atoms with E-state index in [2.05, 4.69) is 5.32 Å². The van der Waals surface area contributed by atoms with Crippen molar-refractivity contribution < 1.29 is 14.8 Å². The Morgan fingerprint density at radius 2 is 2.35 bits per heavy atom. The predicted molar refractivity (Wildman–Crippen MR) is 62.2 cm³/mol. The van der Waals surface area contributed by atoms with Crippen molar-refractivity contribution >= 4 is 11.4 Å². The molecule has 0 spiro atoms. The molecule has 17 heavy (non-hydrogen) atoms. The molecule has 1 aliphatic heterocycles. The van der Waals surface area contributed by atoms with Crippen LogP contribution in [-0.2, 0) is 4.74 Å². The van der Waals surface area contributed by atoms with E-state index in [1.165, 1.54) is 12.1 Å².